The third kappa shape index (κ3) is 4.40. The number of thiocarbonyl (C=S) groups is 1. The van der Waals surface area contributed by atoms with Gasteiger partial charge in [-0.2, -0.15) is 0 Å². The number of aromatic nitrogens is 1. The van der Waals surface area contributed by atoms with Gasteiger partial charge in [0.2, 0.25) is 0 Å². The SMILES string of the molecule is Cc1ccc(/C=C/c2ccn(CC(C)C(N)=S)c(=O)c2)cc1. The summed E-state index contributed by atoms with van der Waals surface area (Å²) in [5.41, 5.74) is 8.76. The van der Waals surface area contributed by atoms with Gasteiger partial charge in [0.1, 0.15) is 0 Å². The summed E-state index contributed by atoms with van der Waals surface area (Å²) in [4.78, 5) is 12.5. The fourth-order valence-electron chi connectivity index (χ4n) is 2.03. The Hall–Kier alpha value is -2.20. The van der Waals surface area contributed by atoms with Crippen LogP contribution in [0.4, 0.5) is 0 Å². The first kappa shape index (κ1) is 16.2. The molecule has 22 heavy (non-hydrogen) atoms. The molecule has 1 aromatic carbocycles. The van der Waals surface area contributed by atoms with Gasteiger partial charge in [-0.15, -0.1) is 0 Å². The number of rotatable bonds is 5. The maximum Gasteiger partial charge on any atom is 0.251 e. The van der Waals surface area contributed by atoms with Crippen LogP contribution in [0.3, 0.4) is 0 Å². The van der Waals surface area contributed by atoms with E-state index in [0.29, 0.717) is 11.5 Å². The molecule has 1 unspecified atom stereocenters. The largest absolute Gasteiger partial charge is 0.393 e. The van der Waals surface area contributed by atoms with Gasteiger partial charge in [-0.1, -0.05) is 61.1 Å². The highest BCUT2D eigenvalue weighted by molar-refractivity contribution is 7.80. The Morgan fingerprint density at radius 3 is 2.45 bits per heavy atom. The van der Waals surface area contributed by atoms with Crippen LogP contribution in [-0.4, -0.2) is 9.56 Å². The van der Waals surface area contributed by atoms with Crippen LogP contribution in [0.25, 0.3) is 12.2 Å². The molecule has 3 nitrogen and oxygen atoms in total. The van der Waals surface area contributed by atoms with Crippen LogP contribution < -0.4 is 11.3 Å². The molecule has 2 rings (SSSR count). The molecule has 2 aromatic rings. The lowest BCUT2D eigenvalue weighted by Crippen LogP contribution is -2.28. The summed E-state index contributed by atoms with van der Waals surface area (Å²) in [6.45, 7) is 4.48. The number of nitrogens with zero attached hydrogens (tertiary/aromatic N) is 1. The molecule has 2 N–H and O–H groups in total. The van der Waals surface area contributed by atoms with Crippen molar-refractivity contribution in [2.45, 2.75) is 20.4 Å². The summed E-state index contributed by atoms with van der Waals surface area (Å²) in [6.07, 6.45) is 5.72. The average molecular weight is 312 g/mol. The first-order valence-corrected chi connectivity index (χ1v) is 7.61. The van der Waals surface area contributed by atoms with E-state index in [2.05, 4.69) is 31.2 Å². The summed E-state index contributed by atoms with van der Waals surface area (Å²) in [5.74, 6) is 0.00153. The molecule has 1 heterocycles. The summed E-state index contributed by atoms with van der Waals surface area (Å²) in [6, 6.07) is 11.8. The van der Waals surface area contributed by atoms with Crippen LogP contribution >= 0.6 is 12.2 Å². The first-order valence-electron chi connectivity index (χ1n) is 7.20. The molecule has 114 valence electrons. The maximum absolute atomic E-state index is 12.1. The molecule has 0 aliphatic rings. The second-order valence-electron chi connectivity index (χ2n) is 5.50. The van der Waals surface area contributed by atoms with Gasteiger partial charge >= 0.3 is 0 Å². The molecular formula is C18H20N2OS. The van der Waals surface area contributed by atoms with Gasteiger partial charge in [0.05, 0.1) is 4.99 Å². The number of aryl methyl sites for hydroxylation is 1. The van der Waals surface area contributed by atoms with E-state index in [9.17, 15) is 4.79 Å². The molecule has 0 amide bonds. The summed E-state index contributed by atoms with van der Waals surface area (Å²) < 4.78 is 1.63. The molecule has 0 saturated heterocycles. The van der Waals surface area contributed by atoms with E-state index >= 15 is 0 Å². The number of hydrogen-bond acceptors (Lipinski definition) is 2. The Labute approximate surface area is 136 Å². The molecule has 1 aromatic heterocycles. The molecule has 1 atom stereocenters. The van der Waals surface area contributed by atoms with E-state index in [0.717, 1.165) is 11.1 Å². The lowest BCUT2D eigenvalue weighted by molar-refractivity contribution is 0.581. The Morgan fingerprint density at radius 1 is 1.23 bits per heavy atom. The molecule has 0 saturated carbocycles. The number of benzene rings is 1. The fourth-order valence-corrected chi connectivity index (χ4v) is 2.11. The lowest BCUT2D eigenvalue weighted by atomic mass is 10.1. The second-order valence-corrected chi connectivity index (χ2v) is 5.97. The van der Waals surface area contributed by atoms with E-state index < -0.39 is 0 Å². The molecule has 4 heteroatoms. The van der Waals surface area contributed by atoms with Crippen molar-refractivity contribution in [3.63, 3.8) is 0 Å². The minimum atomic E-state index is -0.0471. The third-order valence-corrected chi connectivity index (χ3v) is 3.92. The van der Waals surface area contributed by atoms with Crippen molar-refractivity contribution in [1.82, 2.24) is 4.57 Å². The highest BCUT2D eigenvalue weighted by Gasteiger charge is 2.07. The minimum absolute atomic E-state index is 0.00153. The second kappa shape index (κ2) is 7.18. The van der Waals surface area contributed by atoms with Crippen molar-refractivity contribution in [2.24, 2.45) is 11.7 Å². The molecule has 0 fully saturated rings. The van der Waals surface area contributed by atoms with Gasteiger partial charge in [0.15, 0.2) is 0 Å². The molecule has 0 spiro atoms. The number of nitrogens with two attached hydrogens (primary N) is 1. The van der Waals surface area contributed by atoms with Crippen molar-refractivity contribution >= 4 is 29.4 Å². The Balaban J connectivity index is 2.14. The van der Waals surface area contributed by atoms with Crippen LogP contribution in [0, 0.1) is 12.8 Å². The average Bonchev–Trinajstić information content (AvgIpc) is 2.49. The van der Waals surface area contributed by atoms with Crippen LogP contribution in [0.15, 0.2) is 47.4 Å². The summed E-state index contributed by atoms with van der Waals surface area (Å²) in [7, 11) is 0. The summed E-state index contributed by atoms with van der Waals surface area (Å²) in [5, 5.41) is 0. The van der Waals surface area contributed by atoms with Crippen molar-refractivity contribution in [3.05, 3.63) is 69.6 Å². The molecule has 0 bridgehead atoms. The van der Waals surface area contributed by atoms with Crippen LogP contribution in [0.1, 0.15) is 23.6 Å². The van der Waals surface area contributed by atoms with Crippen LogP contribution in [-0.2, 0) is 6.54 Å². The van der Waals surface area contributed by atoms with Crippen LogP contribution in [0.2, 0.25) is 0 Å². The molecular weight excluding hydrogens is 292 g/mol. The third-order valence-electron chi connectivity index (χ3n) is 3.52. The quantitative estimate of drug-likeness (QED) is 0.862. The van der Waals surface area contributed by atoms with E-state index in [1.165, 1.54) is 5.56 Å². The standard InChI is InChI=1S/C18H20N2OS/c1-13-3-5-15(6-4-13)7-8-16-9-10-20(17(21)11-16)12-14(2)18(19)22/h3-11,14H,12H2,1-2H3,(H2,19,22)/b8-7+. The number of hydrogen-bond donors (Lipinski definition) is 1. The van der Waals surface area contributed by atoms with Gasteiger partial charge in [0, 0.05) is 24.7 Å². The topological polar surface area (TPSA) is 48.0 Å². The predicted octanol–water partition coefficient (Wildman–Crippen LogP) is 3.25. The molecule has 0 aliphatic carbocycles. The van der Waals surface area contributed by atoms with Gasteiger partial charge in [-0.25, -0.2) is 0 Å². The van der Waals surface area contributed by atoms with Gasteiger partial charge in [-0.3, -0.25) is 4.79 Å². The minimum Gasteiger partial charge on any atom is -0.393 e. The fraction of sp³-hybridized carbons (Fsp3) is 0.222. The maximum atomic E-state index is 12.1. The highest BCUT2D eigenvalue weighted by Crippen LogP contribution is 2.08. The number of pyridine rings is 1. The first-order chi connectivity index (χ1) is 10.5. The van der Waals surface area contributed by atoms with Crippen molar-refractivity contribution in [1.29, 1.82) is 0 Å². The van der Waals surface area contributed by atoms with Crippen molar-refractivity contribution in [3.8, 4) is 0 Å². The smallest absolute Gasteiger partial charge is 0.251 e. The van der Waals surface area contributed by atoms with E-state index in [-0.39, 0.29) is 11.5 Å². The zero-order valence-corrected chi connectivity index (χ0v) is 13.6. The Kier molecular flexibility index (Phi) is 5.28. The van der Waals surface area contributed by atoms with Gasteiger partial charge in [-0.05, 0) is 24.1 Å². The predicted molar refractivity (Wildman–Crippen MR) is 96.8 cm³/mol. The Bertz CT molecular complexity index is 744. The monoisotopic (exact) mass is 312 g/mol. The van der Waals surface area contributed by atoms with Crippen molar-refractivity contribution in [2.75, 3.05) is 0 Å². The van der Waals surface area contributed by atoms with Gasteiger partial charge < -0.3 is 10.3 Å². The summed E-state index contributed by atoms with van der Waals surface area (Å²) >= 11 is 4.94. The van der Waals surface area contributed by atoms with Crippen LogP contribution in [0.5, 0.6) is 0 Å². The normalized spacial score (nSPS) is 12.5. The Morgan fingerprint density at radius 2 is 1.86 bits per heavy atom. The van der Waals surface area contributed by atoms with Gasteiger partial charge in [0.25, 0.3) is 5.56 Å². The van der Waals surface area contributed by atoms with E-state index in [1.54, 1.807) is 16.8 Å². The zero-order chi connectivity index (χ0) is 16.1. The van der Waals surface area contributed by atoms with E-state index in [1.807, 2.05) is 25.1 Å². The zero-order valence-electron chi connectivity index (χ0n) is 12.8. The molecule has 0 aliphatic heterocycles. The van der Waals surface area contributed by atoms with Crippen molar-refractivity contribution < 1.29 is 0 Å². The highest BCUT2D eigenvalue weighted by atomic mass is 32.1. The molecule has 0 radical (unpaired) electrons. The van der Waals surface area contributed by atoms with E-state index in [4.69, 9.17) is 18.0 Å². The lowest BCUT2D eigenvalue weighted by Gasteiger charge is -2.11.